The molecule has 0 rings (SSSR count). The molecule has 0 aromatic heterocycles. The summed E-state index contributed by atoms with van der Waals surface area (Å²) in [6, 6.07) is 0. The molecule has 0 spiro atoms. The van der Waals surface area contributed by atoms with Gasteiger partial charge in [0.25, 0.3) is 0 Å². The highest BCUT2D eigenvalue weighted by molar-refractivity contribution is 5.05. The molecular formula is C7H10N2. The van der Waals surface area contributed by atoms with Crippen LogP contribution >= 0.6 is 0 Å². The van der Waals surface area contributed by atoms with Crippen molar-refractivity contribution in [3.8, 4) is 0 Å². The summed E-state index contributed by atoms with van der Waals surface area (Å²) >= 11 is 0. The lowest BCUT2D eigenvalue weighted by Gasteiger charge is -1.81. The van der Waals surface area contributed by atoms with Crippen molar-refractivity contribution in [1.82, 2.24) is 0 Å². The molecule has 0 unspecified atom stereocenters. The Balaban J connectivity index is 3.88. The van der Waals surface area contributed by atoms with Gasteiger partial charge in [0.15, 0.2) is 0 Å². The summed E-state index contributed by atoms with van der Waals surface area (Å²) in [6.45, 7) is 8.73. The summed E-state index contributed by atoms with van der Waals surface area (Å²) in [6.07, 6.45) is 4.82. The van der Waals surface area contributed by atoms with Gasteiger partial charge in [0.2, 0.25) is 0 Å². The molecule has 0 saturated carbocycles. The van der Waals surface area contributed by atoms with Crippen molar-refractivity contribution in [3.63, 3.8) is 0 Å². The molecule has 0 amide bonds. The van der Waals surface area contributed by atoms with Crippen molar-refractivity contribution in [2.75, 3.05) is 0 Å². The van der Waals surface area contributed by atoms with Gasteiger partial charge in [-0.15, -0.1) is 0 Å². The molecule has 9 heavy (non-hydrogen) atoms. The molecule has 0 aliphatic heterocycles. The minimum Gasteiger partial charge on any atom is -0.160 e. The van der Waals surface area contributed by atoms with Gasteiger partial charge in [0.1, 0.15) is 0 Å². The molecule has 0 aliphatic rings. The van der Waals surface area contributed by atoms with Crippen molar-refractivity contribution in [2.45, 2.75) is 6.92 Å². The first-order valence-electron chi connectivity index (χ1n) is 2.62. The third kappa shape index (κ3) is 4.68. The largest absolute Gasteiger partial charge is 0.160 e. The highest BCUT2D eigenvalue weighted by atomic mass is 15.1. The lowest BCUT2D eigenvalue weighted by molar-refractivity contribution is 1.13. The summed E-state index contributed by atoms with van der Waals surface area (Å²) in [5.41, 5.74) is 0.824. The van der Waals surface area contributed by atoms with Crippen molar-refractivity contribution in [1.29, 1.82) is 0 Å². The van der Waals surface area contributed by atoms with E-state index < -0.39 is 0 Å². The third-order valence-electron chi connectivity index (χ3n) is 0.656. The van der Waals surface area contributed by atoms with E-state index >= 15 is 0 Å². The molecule has 0 radical (unpaired) electrons. The molecular weight excluding hydrogens is 112 g/mol. The fraction of sp³-hybridized carbons (Fsp3) is 0.143. The Morgan fingerprint density at radius 1 is 1.44 bits per heavy atom. The molecule has 0 saturated heterocycles. The van der Waals surface area contributed by atoms with Crippen LogP contribution in [0.1, 0.15) is 6.92 Å². The first-order chi connectivity index (χ1) is 4.31. The van der Waals surface area contributed by atoms with Crippen molar-refractivity contribution in [3.05, 3.63) is 37.2 Å². The van der Waals surface area contributed by atoms with Crippen LogP contribution in [-0.2, 0) is 0 Å². The zero-order valence-electron chi connectivity index (χ0n) is 5.54. The minimum atomic E-state index is 0.824. The summed E-state index contributed by atoms with van der Waals surface area (Å²) in [5.74, 6) is 0. The highest BCUT2D eigenvalue weighted by Gasteiger charge is 1.75. The fourth-order valence-corrected chi connectivity index (χ4v) is 0.336. The smallest absolute Gasteiger partial charge is 0.0599 e. The molecule has 0 atom stereocenters. The first kappa shape index (κ1) is 7.82. The Hall–Kier alpha value is -1.18. The maximum atomic E-state index is 3.73. The van der Waals surface area contributed by atoms with E-state index in [1.54, 1.807) is 12.2 Å². The molecule has 48 valence electrons. The molecule has 0 aromatic rings. The van der Waals surface area contributed by atoms with Crippen LogP contribution in [0.5, 0.6) is 0 Å². The van der Waals surface area contributed by atoms with Gasteiger partial charge in [0, 0.05) is 6.20 Å². The average molecular weight is 122 g/mol. The number of hydrogen-bond acceptors (Lipinski definition) is 2. The molecule has 0 aliphatic carbocycles. The Kier molecular flexibility index (Phi) is 4.32. The summed E-state index contributed by atoms with van der Waals surface area (Å²) in [5, 5.41) is 7.29. The number of azo groups is 1. The summed E-state index contributed by atoms with van der Waals surface area (Å²) in [7, 11) is 0. The topological polar surface area (TPSA) is 24.7 Å². The Bertz CT molecular complexity index is 154. The molecule has 2 nitrogen and oxygen atoms in total. The summed E-state index contributed by atoms with van der Waals surface area (Å²) in [4.78, 5) is 0. The van der Waals surface area contributed by atoms with E-state index in [9.17, 15) is 0 Å². The molecule has 0 heterocycles. The monoisotopic (exact) mass is 122 g/mol. The van der Waals surface area contributed by atoms with Crippen LogP contribution in [0.15, 0.2) is 47.4 Å². The van der Waals surface area contributed by atoms with Crippen LogP contribution in [0, 0.1) is 0 Å². The van der Waals surface area contributed by atoms with Gasteiger partial charge < -0.3 is 0 Å². The van der Waals surface area contributed by atoms with E-state index in [0.29, 0.717) is 0 Å². The zero-order valence-corrected chi connectivity index (χ0v) is 5.54. The van der Waals surface area contributed by atoms with Crippen LogP contribution in [0.4, 0.5) is 0 Å². The van der Waals surface area contributed by atoms with Gasteiger partial charge in [-0.2, -0.15) is 10.2 Å². The van der Waals surface area contributed by atoms with Crippen LogP contribution < -0.4 is 0 Å². The predicted molar refractivity (Wildman–Crippen MR) is 39.0 cm³/mol. The van der Waals surface area contributed by atoms with Crippen molar-refractivity contribution >= 4 is 0 Å². The SMILES string of the molecule is C=C/C=C(/C)N=NC=C. The maximum Gasteiger partial charge on any atom is 0.0599 e. The Morgan fingerprint density at radius 3 is 2.56 bits per heavy atom. The van der Waals surface area contributed by atoms with E-state index in [0.717, 1.165) is 5.70 Å². The minimum absolute atomic E-state index is 0.824. The molecule has 0 fully saturated rings. The Labute approximate surface area is 55.3 Å². The number of allylic oxidation sites excluding steroid dienone is 3. The number of hydrogen-bond donors (Lipinski definition) is 0. The van der Waals surface area contributed by atoms with Gasteiger partial charge >= 0.3 is 0 Å². The van der Waals surface area contributed by atoms with Crippen molar-refractivity contribution in [2.24, 2.45) is 10.2 Å². The third-order valence-corrected chi connectivity index (χ3v) is 0.656. The van der Waals surface area contributed by atoms with Crippen LogP contribution in [0.3, 0.4) is 0 Å². The molecule has 0 N–H and O–H groups in total. The molecule has 0 aromatic carbocycles. The van der Waals surface area contributed by atoms with E-state index in [-0.39, 0.29) is 0 Å². The lowest BCUT2D eigenvalue weighted by Crippen LogP contribution is -1.61. The molecule has 2 heteroatoms. The van der Waals surface area contributed by atoms with Gasteiger partial charge in [-0.3, -0.25) is 0 Å². The highest BCUT2D eigenvalue weighted by Crippen LogP contribution is 1.94. The van der Waals surface area contributed by atoms with Crippen LogP contribution in [0.2, 0.25) is 0 Å². The number of nitrogens with zero attached hydrogens (tertiary/aromatic N) is 2. The van der Waals surface area contributed by atoms with E-state index in [4.69, 9.17) is 0 Å². The van der Waals surface area contributed by atoms with Gasteiger partial charge in [0.05, 0.1) is 5.70 Å². The van der Waals surface area contributed by atoms with Crippen LogP contribution in [0.25, 0.3) is 0 Å². The van der Waals surface area contributed by atoms with Gasteiger partial charge in [-0.05, 0) is 13.0 Å². The Morgan fingerprint density at radius 2 is 2.11 bits per heavy atom. The predicted octanol–water partition coefficient (Wildman–Crippen LogP) is 2.67. The second kappa shape index (κ2) is 4.97. The van der Waals surface area contributed by atoms with Gasteiger partial charge in [-0.25, -0.2) is 0 Å². The average Bonchev–Trinajstić information content (AvgIpc) is 1.85. The quantitative estimate of drug-likeness (QED) is 0.406. The van der Waals surface area contributed by atoms with Gasteiger partial charge in [-0.1, -0.05) is 19.2 Å². The second-order valence-corrected chi connectivity index (χ2v) is 1.44. The maximum absolute atomic E-state index is 3.73. The van der Waals surface area contributed by atoms with E-state index in [1.165, 1.54) is 6.20 Å². The van der Waals surface area contributed by atoms with E-state index in [1.807, 2.05) is 6.92 Å². The zero-order chi connectivity index (χ0) is 7.11. The second-order valence-electron chi connectivity index (χ2n) is 1.44. The van der Waals surface area contributed by atoms with Crippen LogP contribution in [-0.4, -0.2) is 0 Å². The van der Waals surface area contributed by atoms with E-state index in [2.05, 4.69) is 23.4 Å². The lowest BCUT2D eigenvalue weighted by atomic mass is 10.4. The normalized spacial score (nSPS) is 11.9. The van der Waals surface area contributed by atoms with Crippen molar-refractivity contribution < 1.29 is 0 Å². The summed E-state index contributed by atoms with van der Waals surface area (Å²) < 4.78 is 0. The molecule has 0 bridgehead atoms. The first-order valence-corrected chi connectivity index (χ1v) is 2.62. The number of rotatable bonds is 3. The fourth-order valence-electron chi connectivity index (χ4n) is 0.336. The standard InChI is InChI=1S/C7H10N2/c1-4-6-7(3)9-8-5-2/h4-6H,1-2H2,3H3/b7-6-,9-8?.